The summed E-state index contributed by atoms with van der Waals surface area (Å²) >= 11 is 6.83. The van der Waals surface area contributed by atoms with Crippen molar-refractivity contribution in [2.45, 2.75) is 44.9 Å². The molecule has 1 atom stereocenters. The Kier molecular flexibility index (Phi) is 8.52. The van der Waals surface area contributed by atoms with Crippen molar-refractivity contribution in [2.75, 3.05) is 12.0 Å². The largest absolute Gasteiger partial charge is 0.466 e. The van der Waals surface area contributed by atoms with Crippen LogP contribution in [0.5, 0.6) is 0 Å². The molecule has 0 aliphatic heterocycles. The maximum atomic E-state index is 14.8. The summed E-state index contributed by atoms with van der Waals surface area (Å²) < 4.78 is 21.3. The van der Waals surface area contributed by atoms with E-state index in [1.807, 2.05) is 53.2 Å². The lowest BCUT2D eigenvalue weighted by molar-refractivity contribution is -0.134. The number of carbonyl (C=O) groups is 1. The number of carbonyl (C=O) groups excluding carboxylic acids is 1. The second-order valence-electron chi connectivity index (χ2n) is 10.4. The molecule has 0 radical (unpaired) electrons. The van der Waals surface area contributed by atoms with E-state index in [9.17, 15) is 14.3 Å². The highest BCUT2D eigenvalue weighted by molar-refractivity contribution is 6.31. The fourth-order valence-corrected chi connectivity index (χ4v) is 5.74. The number of aromatic nitrogens is 2. The molecule has 1 unspecified atom stereocenters. The third kappa shape index (κ3) is 6.21. The molecule has 8 heteroatoms. The van der Waals surface area contributed by atoms with Gasteiger partial charge in [0.05, 0.1) is 18.8 Å². The molecule has 1 aliphatic rings. The smallest absolute Gasteiger partial charge is 0.330 e. The molecule has 5 rings (SSSR count). The van der Waals surface area contributed by atoms with Crippen LogP contribution < -0.4 is 4.90 Å². The number of esters is 1. The van der Waals surface area contributed by atoms with Crippen molar-refractivity contribution in [3.8, 4) is 11.1 Å². The minimum atomic E-state index is -0.816. The maximum absolute atomic E-state index is 14.8. The number of methoxy groups -OCH3 is 1. The van der Waals surface area contributed by atoms with Crippen LogP contribution in [0.3, 0.4) is 0 Å². The molecule has 4 aromatic rings. The van der Waals surface area contributed by atoms with E-state index in [4.69, 9.17) is 11.6 Å². The van der Waals surface area contributed by atoms with E-state index in [0.717, 1.165) is 59.7 Å². The lowest BCUT2D eigenvalue weighted by Gasteiger charge is -2.37. The summed E-state index contributed by atoms with van der Waals surface area (Å²) in [5.41, 5.74) is 4.88. The van der Waals surface area contributed by atoms with Crippen molar-refractivity contribution in [1.29, 1.82) is 0 Å². The highest BCUT2D eigenvalue weighted by Gasteiger charge is 2.28. The number of hydrogen-bond donors (Lipinski definition) is 1. The highest BCUT2D eigenvalue weighted by atomic mass is 35.5. The molecular formula is C32H33ClFN3O3. The predicted molar refractivity (Wildman–Crippen MR) is 157 cm³/mol. The number of nitrogens with zero attached hydrogens (tertiary/aromatic N) is 3. The number of aliphatic hydroxyl groups excluding tert-OH is 1. The molecule has 0 saturated heterocycles. The summed E-state index contributed by atoms with van der Waals surface area (Å²) in [4.78, 5) is 13.4. The number of halogens is 2. The fourth-order valence-electron chi connectivity index (χ4n) is 5.50. The van der Waals surface area contributed by atoms with Gasteiger partial charge in [0.1, 0.15) is 12.0 Å². The Hall–Kier alpha value is -3.68. The predicted octanol–water partition coefficient (Wildman–Crippen LogP) is 7.12. The van der Waals surface area contributed by atoms with Gasteiger partial charge in [0.15, 0.2) is 0 Å². The molecular weight excluding hydrogens is 529 g/mol. The van der Waals surface area contributed by atoms with Gasteiger partial charge in [0, 0.05) is 41.7 Å². The van der Waals surface area contributed by atoms with Crippen LogP contribution in [0.2, 0.25) is 5.02 Å². The van der Waals surface area contributed by atoms with Gasteiger partial charge in [0.2, 0.25) is 0 Å². The lowest BCUT2D eigenvalue weighted by Crippen LogP contribution is -2.41. The Morgan fingerprint density at radius 1 is 1.15 bits per heavy atom. The van der Waals surface area contributed by atoms with Gasteiger partial charge in [0.25, 0.3) is 0 Å². The summed E-state index contributed by atoms with van der Waals surface area (Å²) in [5, 5.41) is 17.5. The Balaban J connectivity index is 1.47. The van der Waals surface area contributed by atoms with Crippen LogP contribution in [0.25, 0.3) is 28.1 Å². The van der Waals surface area contributed by atoms with Crippen LogP contribution in [0, 0.1) is 11.7 Å². The van der Waals surface area contributed by atoms with Gasteiger partial charge < -0.3 is 14.7 Å². The van der Waals surface area contributed by atoms with Crippen LogP contribution in [0.1, 0.15) is 43.2 Å². The van der Waals surface area contributed by atoms with Crippen LogP contribution in [-0.2, 0) is 23.1 Å². The topological polar surface area (TPSA) is 67.6 Å². The van der Waals surface area contributed by atoms with Crippen LogP contribution in [-0.4, -0.2) is 34.2 Å². The van der Waals surface area contributed by atoms with E-state index >= 15 is 0 Å². The molecule has 6 nitrogen and oxygen atoms in total. The number of anilines is 1. The Bertz CT molecular complexity index is 1540. The van der Waals surface area contributed by atoms with Crippen molar-refractivity contribution in [2.24, 2.45) is 13.0 Å². The van der Waals surface area contributed by atoms with Gasteiger partial charge >= 0.3 is 5.97 Å². The van der Waals surface area contributed by atoms with E-state index in [1.54, 1.807) is 6.07 Å². The molecule has 0 amide bonds. The average Bonchev–Trinajstić information content (AvgIpc) is 3.34. The standard InChI is InChI=1S/C32H33ClFN3O3/c1-36-30-12-11-23(16-26(30)19-35-36)24-9-10-25(29(33)17-24)20-37(32(39)22-6-4-3-5-7-22)28-15-21(14-27(34)18-28)8-13-31(38)40-2/h8-19,22,32,39H,3-7,20H2,1-2H3/b13-8+. The van der Waals surface area contributed by atoms with Crippen molar-refractivity contribution >= 4 is 40.2 Å². The number of hydrogen-bond acceptors (Lipinski definition) is 5. The summed E-state index contributed by atoms with van der Waals surface area (Å²) in [6.45, 7) is 0.294. The molecule has 1 N–H and O–H groups in total. The van der Waals surface area contributed by atoms with Gasteiger partial charge in [-0.2, -0.15) is 5.10 Å². The summed E-state index contributed by atoms with van der Waals surface area (Å²) in [5.74, 6) is -0.926. The minimum Gasteiger partial charge on any atom is -0.466 e. The first kappa shape index (κ1) is 27.9. The number of ether oxygens (including phenoxy) is 1. The highest BCUT2D eigenvalue weighted by Crippen LogP contribution is 2.34. The lowest BCUT2D eigenvalue weighted by atomic mass is 9.87. The monoisotopic (exact) mass is 561 g/mol. The minimum absolute atomic E-state index is 0.0651. The first-order chi connectivity index (χ1) is 19.3. The van der Waals surface area contributed by atoms with Crippen molar-refractivity contribution in [3.05, 3.63) is 88.8 Å². The van der Waals surface area contributed by atoms with Crippen molar-refractivity contribution in [3.63, 3.8) is 0 Å². The third-order valence-electron chi connectivity index (χ3n) is 7.71. The second-order valence-corrected chi connectivity index (χ2v) is 10.8. The number of rotatable bonds is 8. The first-order valence-electron chi connectivity index (χ1n) is 13.5. The summed E-state index contributed by atoms with van der Waals surface area (Å²) in [6.07, 6.45) is 8.87. The number of aryl methyl sites for hydroxylation is 1. The zero-order valence-electron chi connectivity index (χ0n) is 22.7. The van der Waals surface area contributed by atoms with E-state index in [0.29, 0.717) is 22.8 Å². The average molecular weight is 562 g/mol. The Labute approximate surface area is 238 Å². The van der Waals surface area contributed by atoms with Crippen molar-refractivity contribution in [1.82, 2.24) is 9.78 Å². The molecule has 1 heterocycles. The third-order valence-corrected chi connectivity index (χ3v) is 8.07. The Morgan fingerprint density at radius 2 is 1.90 bits per heavy atom. The number of aliphatic hydroxyl groups is 1. The van der Waals surface area contributed by atoms with E-state index in [1.165, 1.54) is 31.4 Å². The van der Waals surface area contributed by atoms with Gasteiger partial charge in [-0.05, 0) is 77.6 Å². The van der Waals surface area contributed by atoms with Crippen LogP contribution in [0.4, 0.5) is 10.1 Å². The summed E-state index contributed by atoms with van der Waals surface area (Å²) in [7, 11) is 3.20. The van der Waals surface area contributed by atoms with Gasteiger partial charge in [-0.1, -0.05) is 49.1 Å². The zero-order valence-corrected chi connectivity index (χ0v) is 23.4. The first-order valence-corrected chi connectivity index (χ1v) is 13.9. The van der Waals surface area contributed by atoms with E-state index in [2.05, 4.69) is 15.9 Å². The maximum Gasteiger partial charge on any atom is 0.330 e. The molecule has 208 valence electrons. The fraction of sp³-hybridized carbons (Fsp3) is 0.312. The molecule has 40 heavy (non-hydrogen) atoms. The molecule has 1 aromatic heterocycles. The Morgan fingerprint density at radius 3 is 2.65 bits per heavy atom. The van der Waals surface area contributed by atoms with Gasteiger partial charge in [-0.25, -0.2) is 9.18 Å². The molecule has 1 saturated carbocycles. The molecule has 0 bridgehead atoms. The van der Waals surface area contributed by atoms with Crippen LogP contribution in [0.15, 0.2) is 66.9 Å². The van der Waals surface area contributed by atoms with E-state index in [-0.39, 0.29) is 5.92 Å². The van der Waals surface area contributed by atoms with Crippen molar-refractivity contribution < 1.29 is 19.0 Å². The number of fused-ring (bicyclic) bond motifs is 1. The second kappa shape index (κ2) is 12.2. The summed E-state index contributed by atoms with van der Waals surface area (Å²) in [6, 6.07) is 16.6. The molecule has 3 aromatic carbocycles. The molecule has 1 fully saturated rings. The van der Waals surface area contributed by atoms with Crippen LogP contribution >= 0.6 is 11.6 Å². The van der Waals surface area contributed by atoms with E-state index < -0.39 is 18.0 Å². The van der Waals surface area contributed by atoms with Gasteiger partial charge in [-0.3, -0.25) is 4.68 Å². The SMILES string of the molecule is COC(=O)/C=C/c1cc(F)cc(N(Cc2ccc(-c3ccc4c(cnn4C)c3)cc2Cl)C(O)C2CCCCC2)c1. The number of benzene rings is 3. The quantitative estimate of drug-likeness (QED) is 0.141. The molecule has 0 spiro atoms. The zero-order chi connectivity index (χ0) is 28.2. The van der Waals surface area contributed by atoms with Gasteiger partial charge in [-0.15, -0.1) is 0 Å². The normalized spacial score (nSPS) is 15.0. The molecule has 1 aliphatic carbocycles.